The molecule has 1 aromatic carbocycles. The van der Waals surface area contributed by atoms with Crippen molar-refractivity contribution in [3.63, 3.8) is 0 Å². The van der Waals surface area contributed by atoms with Crippen LogP contribution in [0.3, 0.4) is 0 Å². The molecule has 24 heavy (non-hydrogen) atoms. The summed E-state index contributed by atoms with van der Waals surface area (Å²) in [4.78, 5) is 14.4. The van der Waals surface area contributed by atoms with Crippen molar-refractivity contribution in [3.8, 4) is 5.75 Å². The third kappa shape index (κ3) is 5.80. The Morgan fingerprint density at radius 3 is 2.54 bits per heavy atom. The van der Waals surface area contributed by atoms with Gasteiger partial charge in [0.2, 0.25) is 0 Å². The fourth-order valence-electron chi connectivity index (χ4n) is 2.97. The number of piperidine rings is 1. The van der Waals surface area contributed by atoms with Crippen molar-refractivity contribution in [2.45, 2.75) is 38.6 Å². The molecule has 2 rings (SSSR count). The average Bonchev–Trinajstić information content (AvgIpc) is 2.62. The summed E-state index contributed by atoms with van der Waals surface area (Å²) in [5.41, 5.74) is 1.67. The van der Waals surface area contributed by atoms with Crippen molar-refractivity contribution < 1.29 is 19.0 Å². The fourth-order valence-corrected chi connectivity index (χ4v) is 2.97. The fraction of sp³-hybridized carbons (Fsp3) is 0.632. The van der Waals surface area contributed by atoms with E-state index in [1.54, 1.807) is 7.11 Å². The number of ether oxygens (including phenoxy) is 3. The minimum Gasteiger partial charge on any atom is -0.493 e. The second-order valence-corrected chi connectivity index (χ2v) is 6.21. The Bertz CT molecular complexity index is 512. The van der Waals surface area contributed by atoms with Crippen LogP contribution in [0.4, 0.5) is 0 Å². The maximum Gasteiger partial charge on any atom is 0.341 e. The van der Waals surface area contributed by atoms with Gasteiger partial charge in [-0.05, 0) is 56.5 Å². The number of carbonyl (C=O) groups is 1. The Labute approximate surface area is 144 Å². The molecule has 1 fully saturated rings. The number of carbonyl (C=O) groups excluding carboxylic acids is 1. The molecule has 1 aliphatic rings. The quantitative estimate of drug-likeness (QED) is 0.512. The van der Waals surface area contributed by atoms with Crippen LogP contribution in [0.1, 0.15) is 48.0 Å². The van der Waals surface area contributed by atoms with Gasteiger partial charge in [-0.2, -0.15) is 0 Å². The third-order valence-corrected chi connectivity index (χ3v) is 4.31. The molecule has 0 amide bonds. The smallest absolute Gasteiger partial charge is 0.341 e. The normalized spacial score (nSPS) is 15.2. The van der Waals surface area contributed by atoms with E-state index in [-0.39, 0.29) is 5.97 Å². The first-order chi connectivity index (χ1) is 11.7. The second kappa shape index (κ2) is 10.3. The van der Waals surface area contributed by atoms with Crippen molar-refractivity contribution >= 4 is 5.97 Å². The first-order valence-corrected chi connectivity index (χ1v) is 8.80. The summed E-state index contributed by atoms with van der Waals surface area (Å²) >= 11 is 0. The molecule has 1 aromatic rings. The number of likely N-dealkylation sites (tertiary alicyclic amines) is 1. The predicted molar refractivity (Wildman–Crippen MR) is 93.5 cm³/mol. The molecule has 5 nitrogen and oxygen atoms in total. The van der Waals surface area contributed by atoms with Crippen molar-refractivity contribution in [1.29, 1.82) is 0 Å². The molecule has 0 bridgehead atoms. The predicted octanol–water partition coefficient (Wildman–Crippen LogP) is 3.26. The molecular weight excluding hydrogens is 306 g/mol. The molecule has 0 spiro atoms. The molecule has 1 saturated heterocycles. The maximum absolute atomic E-state index is 11.9. The lowest BCUT2D eigenvalue weighted by Crippen LogP contribution is -2.29. The van der Waals surface area contributed by atoms with Crippen LogP contribution >= 0.6 is 0 Å². The molecular formula is C19H29NO4. The van der Waals surface area contributed by atoms with Crippen molar-refractivity contribution in [1.82, 2.24) is 4.90 Å². The highest BCUT2D eigenvalue weighted by molar-refractivity contribution is 5.92. The molecule has 0 aromatic heterocycles. The lowest BCUT2D eigenvalue weighted by Gasteiger charge is -2.26. The zero-order valence-electron chi connectivity index (χ0n) is 14.9. The van der Waals surface area contributed by atoms with Gasteiger partial charge in [0.1, 0.15) is 11.3 Å². The van der Waals surface area contributed by atoms with Crippen LogP contribution in [0.15, 0.2) is 18.2 Å². The lowest BCUT2D eigenvalue weighted by molar-refractivity contribution is 0.0595. The van der Waals surface area contributed by atoms with Crippen molar-refractivity contribution in [2.75, 3.05) is 40.5 Å². The maximum atomic E-state index is 11.9. The summed E-state index contributed by atoms with van der Waals surface area (Å²) in [6.07, 6.45) is 5.70. The van der Waals surface area contributed by atoms with Crippen molar-refractivity contribution in [2.24, 2.45) is 0 Å². The zero-order valence-corrected chi connectivity index (χ0v) is 14.9. The van der Waals surface area contributed by atoms with Gasteiger partial charge in [0, 0.05) is 20.3 Å². The number of hydrogen-bond donors (Lipinski definition) is 0. The number of nitrogens with zero attached hydrogens (tertiary/aromatic N) is 1. The van der Waals surface area contributed by atoms with Gasteiger partial charge in [0.25, 0.3) is 0 Å². The summed E-state index contributed by atoms with van der Waals surface area (Å²) in [7, 11) is 3.09. The highest BCUT2D eigenvalue weighted by Gasteiger charge is 2.16. The van der Waals surface area contributed by atoms with E-state index in [1.807, 2.05) is 18.2 Å². The molecule has 0 saturated carbocycles. The van der Waals surface area contributed by atoms with Crippen LogP contribution in [0.2, 0.25) is 0 Å². The standard InChI is InChI=1S/C19H29NO4/c1-22-12-6-7-13-24-18-14-16(8-9-17(18)19(21)23-2)15-20-10-4-3-5-11-20/h8-9,14H,3-7,10-13,15H2,1-2H3. The number of esters is 1. The van der Waals surface area contributed by atoms with Crippen LogP contribution in [-0.4, -0.2) is 51.4 Å². The monoisotopic (exact) mass is 335 g/mol. The van der Waals surface area contributed by atoms with E-state index in [1.165, 1.54) is 31.9 Å². The molecule has 0 aliphatic carbocycles. The lowest BCUT2D eigenvalue weighted by atomic mass is 10.1. The first kappa shape index (κ1) is 18.7. The van der Waals surface area contributed by atoms with E-state index in [4.69, 9.17) is 14.2 Å². The topological polar surface area (TPSA) is 48.0 Å². The van der Waals surface area contributed by atoms with Gasteiger partial charge < -0.3 is 14.2 Å². The van der Waals surface area contributed by atoms with Gasteiger partial charge in [0.15, 0.2) is 0 Å². The molecule has 0 atom stereocenters. The van der Waals surface area contributed by atoms with E-state index in [9.17, 15) is 4.79 Å². The highest BCUT2D eigenvalue weighted by atomic mass is 16.5. The third-order valence-electron chi connectivity index (χ3n) is 4.31. The van der Waals surface area contributed by atoms with Gasteiger partial charge in [-0.15, -0.1) is 0 Å². The van der Waals surface area contributed by atoms with Gasteiger partial charge in [-0.1, -0.05) is 12.5 Å². The molecule has 134 valence electrons. The van der Waals surface area contributed by atoms with Crippen LogP contribution in [0.5, 0.6) is 5.75 Å². The van der Waals surface area contributed by atoms with E-state index >= 15 is 0 Å². The first-order valence-electron chi connectivity index (χ1n) is 8.80. The van der Waals surface area contributed by atoms with Gasteiger partial charge >= 0.3 is 5.97 Å². The minimum absolute atomic E-state index is 0.355. The van der Waals surface area contributed by atoms with Crippen molar-refractivity contribution in [3.05, 3.63) is 29.3 Å². The summed E-state index contributed by atoms with van der Waals surface area (Å²) < 4.78 is 15.8. The average molecular weight is 335 g/mol. The SMILES string of the molecule is COCCCCOc1cc(CN2CCCCC2)ccc1C(=O)OC. The van der Waals surface area contributed by atoms with Gasteiger partial charge in [0.05, 0.1) is 13.7 Å². The molecule has 0 N–H and O–H groups in total. The summed E-state index contributed by atoms with van der Waals surface area (Å²) in [6, 6.07) is 5.80. The van der Waals surface area contributed by atoms with E-state index in [2.05, 4.69) is 4.90 Å². The largest absolute Gasteiger partial charge is 0.493 e. The second-order valence-electron chi connectivity index (χ2n) is 6.21. The van der Waals surface area contributed by atoms with Crippen LogP contribution < -0.4 is 4.74 Å². The minimum atomic E-state index is -0.355. The number of benzene rings is 1. The van der Waals surface area contributed by atoms with E-state index < -0.39 is 0 Å². The molecule has 0 unspecified atom stereocenters. The highest BCUT2D eigenvalue weighted by Crippen LogP contribution is 2.23. The zero-order chi connectivity index (χ0) is 17.2. The Hall–Kier alpha value is -1.59. The number of unbranched alkanes of at least 4 members (excludes halogenated alkanes) is 1. The van der Waals surface area contributed by atoms with Crippen LogP contribution in [0, 0.1) is 0 Å². The summed E-state index contributed by atoms with van der Waals surface area (Å²) in [5, 5.41) is 0. The Kier molecular flexibility index (Phi) is 8.05. The van der Waals surface area contributed by atoms with Gasteiger partial charge in [-0.3, -0.25) is 4.90 Å². The Morgan fingerprint density at radius 2 is 1.83 bits per heavy atom. The van der Waals surface area contributed by atoms with Gasteiger partial charge in [-0.25, -0.2) is 4.79 Å². The van der Waals surface area contributed by atoms with Crippen LogP contribution in [-0.2, 0) is 16.0 Å². The molecule has 1 aliphatic heterocycles. The Balaban J connectivity index is 2.01. The van der Waals surface area contributed by atoms with E-state index in [0.717, 1.165) is 39.1 Å². The molecule has 1 heterocycles. The number of rotatable bonds is 9. The molecule has 5 heteroatoms. The van der Waals surface area contributed by atoms with E-state index in [0.29, 0.717) is 17.9 Å². The molecule has 0 radical (unpaired) electrons. The summed E-state index contributed by atoms with van der Waals surface area (Å²) in [6.45, 7) is 4.49. The number of methoxy groups -OCH3 is 2. The number of hydrogen-bond acceptors (Lipinski definition) is 5. The Morgan fingerprint density at radius 1 is 1.08 bits per heavy atom. The summed E-state index contributed by atoms with van der Waals surface area (Å²) in [5.74, 6) is 0.264. The van der Waals surface area contributed by atoms with Crippen LogP contribution in [0.25, 0.3) is 0 Å².